The van der Waals surface area contributed by atoms with Crippen molar-refractivity contribution in [1.82, 2.24) is 15.0 Å². The molecule has 6 heteroatoms. The summed E-state index contributed by atoms with van der Waals surface area (Å²) < 4.78 is 5.35. The first-order valence-electron chi connectivity index (χ1n) is 9.39. The quantitative estimate of drug-likeness (QED) is 0.662. The number of benzene rings is 2. The maximum Gasteiger partial charge on any atom is 0.259 e. The predicted octanol–water partition coefficient (Wildman–Crippen LogP) is 4.26. The highest BCUT2D eigenvalue weighted by atomic mass is 35.5. The first-order valence-corrected chi connectivity index (χ1v) is 9.77. The van der Waals surface area contributed by atoms with Crippen LogP contribution in [-0.4, -0.2) is 47.0 Å². The Hall–Kier alpha value is -2.63. The van der Waals surface area contributed by atoms with Crippen LogP contribution in [0.4, 0.5) is 0 Å². The van der Waals surface area contributed by atoms with E-state index >= 15 is 0 Å². The fourth-order valence-electron chi connectivity index (χ4n) is 3.58. The summed E-state index contributed by atoms with van der Waals surface area (Å²) >= 11 is 6.08. The third-order valence-electron chi connectivity index (χ3n) is 5.08. The van der Waals surface area contributed by atoms with Crippen LogP contribution < -0.4 is 0 Å². The average molecular weight is 396 g/mol. The van der Waals surface area contributed by atoms with Crippen molar-refractivity contribution in [1.29, 1.82) is 0 Å². The van der Waals surface area contributed by atoms with E-state index in [9.17, 15) is 4.79 Å². The van der Waals surface area contributed by atoms with Crippen molar-refractivity contribution in [3.63, 3.8) is 0 Å². The van der Waals surface area contributed by atoms with Gasteiger partial charge in [0.25, 0.3) is 5.91 Å². The number of hydrogen-bond donors (Lipinski definition) is 0. The van der Waals surface area contributed by atoms with Crippen LogP contribution in [0.15, 0.2) is 59.1 Å². The van der Waals surface area contributed by atoms with Crippen molar-refractivity contribution in [3.05, 3.63) is 76.5 Å². The summed E-state index contributed by atoms with van der Waals surface area (Å²) in [5, 5.41) is 4.89. The molecular weight excluding hydrogens is 374 g/mol. The Balaban J connectivity index is 1.44. The van der Waals surface area contributed by atoms with Crippen molar-refractivity contribution in [2.75, 3.05) is 26.2 Å². The molecule has 2 heterocycles. The lowest BCUT2D eigenvalue weighted by atomic mass is 10.0. The number of carbonyl (C=O) groups is 1. The van der Waals surface area contributed by atoms with Gasteiger partial charge in [-0.3, -0.25) is 9.69 Å². The normalized spacial score (nSPS) is 15.0. The number of piperazine rings is 1. The minimum atomic E-state index is -0.0139. The molecule has 3 aromatic rings. The molecule has 0 N–H and O–H groups in total. The van der Waals surface area contributed by atoms with Gasteiger partial charge in [-0.05, 0) is 24.6 Å². The summed E-state index contributed by atoms with van der Waals surface area (Å²) in [6, 6.07) is 17.6. The van der Waals surface area contributed by atoms with Gasteiger partial charge in [-0.1, -0.05) is 59.2 Å². The molecule has 1 fully saturated rings. The van der Waals surface area contributed by atoms with Gasteiger partial charge in [0.05, 0.1) is 0 Å². The molecule has 1 aliphatic heterocycles. The number of aromatic nitrogens is 1. The summed E-state index contributed by atoms with van der Waals surface area (Å²) in [6.07, 6.45) is 0. The Bertz CT molecular complexity index is 963. The number of carbonyl (C=O) groups excluding carboxylic acids is 1. The number of rotatable bonds is 4. The van der Waals surface area contributed by atoms with Gasteiger partial charge in [-0.15, -0.1) is 0 Å². The third-order valence-corrected chi connectivity index (χ3v) is 5.31. The first-order chi connectivity index (χ1) is 13.6. The summed E-state index contributed by atoms with van der Waals surface area (Å²) in [4.78, 5) is 17.4. The Labute approximate surface area is 169 Å². The van der Waals surface area contributed by atoms with Gasteiger partial charge in [0, 0.05) is 43.3 Å². The van der Waals surface area contributed by atoms with Crippen molar-refractivity contribution in [2.45, 2.75) is 13.5 Å². The van der Waals surface area contributed by atoms with E-state index in [0.29, 0.717) is 30.1 Å². The first kappa shape index (κ1) is 18.7. The molecule has 0 aliphatic carbocycles. The maximum absolute atomic E-state index is 13.2. The molecule has 0 spiro atoms. The zero-order chi connectivity index (χ0) is 19.5. The standard InChI is InChI=1S/C22H22ClN3O2/c1-16-20(21(24-28-16)18-7-3-2-4-8-18)22(27)26-12-10-25(11-13-26)15-17-6-5-9-19(23)14-17/h2-9,14H,10-13,15H2,1H3. The molecule has 1 saturated heterocycles. The largest absolute Gasteiger partial charge is 0.360 e. The Morgan fingerprint density at radius 1 is 1.07 bits per heavy atom. The van der Waals surface area contributed by atoms with Crippen molar-refractivity contribution in [3.8, 4) is 11.3 Å². The van der Waals surface area contributed by atoms with Crippen molar-refractivity contribution < 1.29 is 9.32 Å². The van der Waals surface area contributed by atoms with Crippen LogP contribution >= 0.6 is 11.6 Å². The second kappa shape index (κ2) is 8.17. The molecule has 0 saturated carbocycles. The van der Waals surface area contributed by atoms with Gasteiger partial charge in [0.1, 0.15) is 17.0 Å². The number of amides is 1. The van der Waals surface area contributed by atoms with E-state index in [1.165, 1.54) is 5.56 Å². The summed E-state index contributed by atoms with van der Waals surface area (Å²) in [5.41, 5.74) is 3.26. The fraction of sp³-hybridized carbons (Fsp3) is 0.273. The minimum Gasteiger partial charge on any atom is -0.360 e. The van der Waals surface area contributed by atoms with Crippen LogP contribution in [0, 0.1) is 6.92 Å². The summed E-state index contributed by atoms with van der Waals surface area (Å²) in [6.45, 7) is 5.63. The second-order valence-corrected chi connectivity index (χ2v) is 7.46. The Morgan fingerprint density at radius 2 is 1.82 bits per heavy atom. The lowest BCUT2D eigenvalue weighted by Crippen LogP contribution is -2.48. The number of halogens is 1. The van der Waals surface area contributed by atoms with E-state index in [1.54, 1.807) is 6.92 Å². The molecule has 0 bridgehead atoms. The van der Waals surface area contributed by atoms with E-state index < -0.39 is 0 Å². The maximum atomic E-state index is 13.2. The molecule has 1 aliphatic rings. The lowest BCUT2D eigenvalue weighted by molar-refractivity contribution is 0.0627. The van der Waals surface area contributed by atoms with Crippen molar-refractivity contribution >= 4 is 17.5 Å². The van der Waals surface area contributed by atoms with E-state index in [2.05, 4.69) is 16.1 Å². The second-order valence-electron chi connectivity index (χ2n) is 7.03. The van der Waals surface area contributed by atoms with E-state index in [0.717, 1.165) is 30.2 Å². The third kappa shape index (κ3) is 3.96. The monoisotopic (exact) mass is 395 g/mol. The SMILES string of the molecule is Cc1onc(-c2ccccc2)c1C(=O)N1CCN(Cc2cccc(Cl)c2)CC1. The van der Waals surface area contributed by atoms with Gasteiger partial charge in [0.15, 0.2) is 0 Å². The van der Waals surface area contributed by atoms with Crippen LogP contribution in [0.2, 0.25) is 5.02 Å². The summed E-state index contributed by atoms with van der Waals surface area (Å²) in [5.74, 6) is 0.546. The lowest BCUT2D eigenvalue weighted by Gasteiger charge is -2.34. The van der Waals surface area contributed by atoms with Gasteiger partial charge in [0.2, 0.25) is 0 Å². The van der Waals surface area contributed by atoms with E-state index in [4.69, 9.17) is 16.1 Å². The zero-order valence-electron chi connectivity index (χ0n) is 15.8. The molecular formula is C22H22ClN3O2. The molecule has 0 radical (unpaired) electrons. The molecule has 28 heavy (non-hydrogen) atoms. The van der Waals surface area contributed by atoms with Gasteiger partial charge in [-0.2, -0.15) is 0 Å². The molecule has 2 aromatic carbocycles. The highest BCUT2D eigenvalue weighted by Crippen LogP contribution is 2.26. The van der Waals surface area contributed by atoms with Crippen LogP contribution in [0.25, 0.3) is 11.3 Å². The Morgan fingerprint density at radius 3 is 2.54 bits per heavy atom. The van der Waals surface area contributed by atoms with Gasteiger partial charge in [-0.25, -0.2) is 0 Å². The topological polar surface area (TPSA) is 49.6 Å². The molecule has 144 valence electrons. The smallest absolute Gasteiger partial charge is 0.259 e. The molecule has 1 aromatic heterocycles. The fourth-order valence-corrected chi connectivity index (χ4v) is 3.79. The molecule has 0 unspecified atom stereocenters. The predicted molar refractivity (Wildman–Crippen MR) is 109 cm³/mol. The highest BCUT2D eigenvalue weighted by Gasteiger charge is 2.28. The van der Waals surface area contributed by atoms with Gasteiger partial charge < -0.3 is 9.42 Å². The van der Waals surface area contributed by atoms with E-state index in [-0.39, 0.29) is 5.91 Å². The van der Waals surface area contributed by atoms with Crippen LogP contribution in [0.3, 0.4) is 0 Å². The van der Waals surface area contributed by atoms with Crippen LogP contribution in [-0.2, 0) is 6.54 Å². The summed E-state index contributed by atoms with van der Waals surface area (Å²) in [7, 11) is 0. The average Bonchev–Trinajstić information content (AvgIpc) is 3.10. The zero-order valence-corrected chi connectivity index (χ0v) is 16.5. The Kier molecular flexibility index (Phi) is 5.46. The van der Waals surface area contributed by atoms with Crippen LogP contribution in [0.1, 0.15) is 21.7 Å². The highest BCUT2D eigenvalue weighted by molar-refractivity contribution is 6.30. The number of hydrogen-bond acceptors (Lipinski definition) is 4. The van der Waals surface area contributed by atoms with E-state index in [1.807, 2.05) is 53.4 Å². The molecule has 1 amide bonds. The molecule has 4 rings (SSSR count). The molecule has 0 atom stereocenters. The van der Waals surface area contributed by atoms with Crippen molar-refractivity contribution in [2.24, 2.45) is 0 Å². The van der Waals surface area contributed by atoms with Gasteiger partial charge >= 0.3 is 0 Å². The number of nitrogens with zero attached hydrogens (tertiary/aromatic N) is 3. The molecule has 5 nitrogen and oxygen atoms in total. The number of aryl methyl sites for hydroxylation is 1. The minimum absolute atomic E-state index is 0.0139. The van der Waals surface area contributed by atoms with Crippen LogP contribution in [0.5, 0.6) is 0 Å².